The number of rotatable bonds is 5. The highest BCUT2D eigenvalue weighted by Gasteiger charge is 2.22. The number of pyridine rings is 1. The van der Waals surface area contributed by atoms with Gasteiger partial charge in [-0.2, -0.15) is 0 Å². The van der Waals surface area contributed by atoms with E-state index in [1.54, 1.807) is 0 Å². The first-order valence-electron chi connectivity index (χ1n) is 22.7. The fourth-order valence-electron chi connectivity index (χ4n) is 6.42. The minimum absolute atomic E-state index is 0.00364. The molecule has 0 unspecified atom stereocenters. The summed E-state index contributed by atoms with van der Waals surface area (Å²) >= 11 is 0. The van der Waals surface area contributed by atoms with E-state index in [9.17, 15) is 1.37 Å². The Morgan fingerprint density at radius 2 is 1.23 bits per heavy atom. The summed E-state index contributed by atoms with van der Waals surface area (Å²) in [7, 11) is 0. The highest BCUT2D eigenvalue weighted by atomic mass is 15.1. The average Bonchev–Trinajstić information content (AvgIpc) is 3.62. The third-order valence-electron chi connectivity index (χ3n) is 9.61. The van der Waals surface area contributed by atoms with Gasteiger partial charge in [0.1, 0.15) is 6.33 Å². The molecule has 2 heterocycles. The lowest BCUT2D eigenvalue weighted by molar-refractivity contribution is 0.589. The predicted molar refractivity (Wildman–Crippen MR) is 221 cm³/mol. The molecule has 7 aromatic rings. The summed E-state index contributed by atoms with van der Waals surface area (Å²) in [4.78, 5) is 9.44. The van der Waals surface area contributed by atoms with Gasteiger partial charge in [0.05, 0.1) is 32.0 Å². The van der Waals surface area contributed by atoms with Crippen LogP contribution in [0.5, 0.6) is 0 Å². The molecule has 0 atom stereocenters. The zero-order valence-corrected chi connectivity index (χ0v) is 31.4. The maximum absolute atomic E-state index is 9.41. The number of imidazole rings is 1. The van der Waals surface area contributed by atoms with Gasteiger partial charge in [0, 0.05) is 27.0 Å². The van der Waals surface area contributed by atoms with E-state index in [0.717, 1.165) is 44.5 Å². The molecule has 0 saturated carbocycles. The maximum atomic E-state index is 9.41. The van der Waals surface area contributed by atoms with Crippen LogP contribution < -0.4 is 0 Å². The van der Waals surface area contributed by atoms with E-state index < -0.39 is 59.8 Å². The lowest BCUT2D eigenvalue weighted by Crippen LogP contribution is -2.12. The molecule has 0 aliphatic rings. The Morgan fingerprint density at radius 1 is 0.558 bits per heavy atom. The minimum Gasteiger partial charge on any atom is -0.298 e. The van der Waals surface area contributed by atoms with Crippen LogP contribution in [0.15, 0.2) is 128 Å². The summed E-state index contributed by atoms with van der Waals surface area (Å²) in [6.45, 7) is 16.4. The van der Waals surface area contributed by atoms with E-state index in [-0.39, 0.29) is 28.1 Å². The van der Waals surface area contributed by atoms with Gasteiger partial charge in [0.25, 0.3) is 0 Å². The van der Waals surface area contributed by atoms with Gasteiger partial charge in [-0.15, -0.1) is 0 Å². The highest BCUT2D eigenvalue weighted by Crippen LogP contribution is 2.39. The molecule has 262 valence electrons. The molecule has 3 heteroatoms. The fourth-order valence-corrected chi connectivity index (χ4v) is 6.42. The van der Waals surface area contributed by atoms with Crippen LogP contribution in [0.2, 0.25) is 0 Å². The molecule has 0 aliphatic heterocycles. The van der Waals surface area contributed by atoms with Crippen molar-refractivity contribution in [3.63, 3.8) is 0 Å². The molecule has 7 rings (SSSR count). The standard InChI is InChI=1S/C49H51N3/c1-32-14-16-33(17-15-32)35-24-25-50-43(29-35)37-26-36(27-40(28-37)49(8,9)10)42-12-11-13-44-46(42)51-31-52(44)45-30-39(48(5,6)7)22-23-41(45)34-18-20-38(21-19-34)47(2,3)4/h11-31H,1-10H3/i1D3,14D,15D,16D,17D,24D,25D,29D. The van der Waals surface area contributed by atoms with Crippen LogP contribution in [0.25, 0.3) is 61.4 Å². The van der Waals surface area contributed by atoms with Crippen molar-refractivity contribution in [1.82, 2.24) is 14.5 Å². The Hall–Kier alpha value is -5.28. The van der Waals surface area contributed by atoms with Crippen LogP contribution in [0.4, 0.5) is 0 Å². The van der Waals surface area contributed by atoms with Gasteiger partial charge in [0.2, 0.25) is 0 Å². The maximum Gasteiger partial charge on any atom is 0.100 e. The predicted octanol–water partition coefficient (Wildman–Crippen LogP) is 13.3. The van der Waals surface area contributed by atoms with Crippen molar-refractivity contribution >= 4 is 11.0 Å². The molecule has 0 N–H and O–H groups in total. The van der Waals surface area contributed by atoms with Gasteiger partial charge in [0.15, 0.2) is 0 Å². The van der Waals surface area contributed by atoms with E-state index >= 15 is 0 Å². The molecule has 0 fully saturated rings. The molecule has 2 aromatic heterocycles. The smallest absolute Gasteiger partial charge is 0.100 e. The normalized spacial score (nSPS) is 15.4. The van der Waals surface area contributed by atoms with Gasteiger partial charge in [-0.1, -0.05) is 147 Å². The molecule has 3 nitrogen and oxygen atoms in total. The summed E-state index contributed by atoms with van der Waals surface area (Å²) in [6, 6.07) is 23.2. The number of fused-ring (bicyclic) bond motifs is 1. The van der Waals surface area contributed by atoms with Crippen molar-refractivity contribution in [1.29, 1.82) is 0 Å². The fraction of sp³-hybridized carbons (Fsp3) is 0.265. The molecule has 0 bridgehead atoms. The van der Waals surface area contributed by atoms with Gasteiger partial charge >= 0.3 is 0 Å². The second-order valence-electron chi connectivity index (χ2n) is 16.6. The third kappa shape index (κ3) is 6.97. The summed E-state index contributed by atoms with van der Waals surface area (Å²) in [5.74, 6) is 0. The highest BCUT2D eigenvalue weighted by molar-refractivity contribution is 5.95. The molecule has 0 amide bonds. The monoisotopic (exact) mass is 691 g/mol. The second-order valence-corrected chi connectivity index (χ2v) is 16.6. The van der Waals surface area contributed by atoms with Crippen LogP contribution in [0.3, 0.4) is 0 Å². The molecular weight excluding hydrogens is 631 g/mol. The quantitative estimate of drug-likeness (QED) is 0.180. The zero-order chi connectivity index (χ0) is 45.6. The van der Waals surface area contributed by atoms with Gasteiger partial charge in [-0.3, -0.25) is 9.55 Å². The van der Waals surface area contributed by atoms with E-state index in [1.807, 2.05) is 36.7 Å². The summed E-state index contributed by atoms with van der Waals surface area (Å²) in [5.41, 5.74) is 8.06. The van der Waals surface area contributed by atoms with E-state index in [1.165, 1.54) is 11.1 Å². The van der Waals surface area contributed by atoms with Gasteiger partial charge in [-0.05, 0) is 98.4 Å². The molecule has 0 aliphatic carbocycles. The van der Waals surface area contributed by atoms with Crippen molar-refractivity contribution in [2.24, 2.45) is 0 Å². The lowest BCUT2D eigenvalue weighted by atomic mass is 9.83. The van der Waals surface area contributed by atoms with Crippen molar-refractivity contribution < 1.29 is 13.7 Å². The number of benzene rings is 5. The van der Waals surface area contributed by atoms with Gasteiger partial charge < -0.3 is 0 Å². The zero-order valence-electron chi connectivity index (χ0n) is 41.4. The van der Waals surface area contributed by atoms with Crippen LogP contribution in [-0.2, 0) is 16.2 Å². The molecule has 0 radical (unpaired) electrons. The molecule has 0 spiro atoms. The van der Waals surface area contributed by atoms with E-state index in [2.05, 4.69) is 120 Å². The Labute approximate surface area is 324 Å². The largest absolute Gasteiger partial charge is 0.298 e. The molecular formula is C49H51N3. The first-order chi connectivity index (χ1) is 28.7. The summed E-state index contributed by atoms with van der Waals surface area (Å²) in [6.07, 6.45) is 1.31. The number of nitrogens with zero attached hydrogens (tertiary/aromatic N) is 3. The Balaban J connectivity index is 1.44. The lowest BCUT2D eigenvalue weighted by Gasteiger charge is -2.23. The number of hydrogen-bond acceptors (Lipinski definition) is 2. The van der Waals surface area contributed by atoms with Crippen molar-refractivity contribution in [2.75, 3.05) is 0 Å². The van der Waals surface area contributed by atoms with Crippen LogP contribution in [0.1, 0.15) is 98.3 Å². The Bertz CT molecular complexity index is 2880. The van der Waals surface area contributed by atoms with Crippen LogP contribution in [-0.4, -0.2) is 14.5 Å². The minimum atomic E-state index is -2.94. The topological polar surface area (TPSA) is 30.7 Å². The van der Waals surface area contributed by atoms with Crippen LogP contribution in [0, 0.1) is 6.85 Å². The molecule has 5 aromatic carbocycles. The molecule has 52 heavy (non-hydrogen) atoms. The Morgan fingerprint density at radius 3 is 1.90 bits per heavy atom. The van der Waals surface area contributed by atoms with Crippen LogP contribution >= 0.6 is 0 Å². The molecule has 0 saturated heterocycles. The first-order valence-corrected chi connectivity index (χ1v) is 17.7. The summed E-state index contributed by atoms with van der Waals surface area (Å²) < 4.78 is 87.2. The number of para-hydroxylation sites is 1. The number of hydrogen-bond donors (Lipinski definition) is 0. The van der Waals surface area contributed by atoms with Crippen molar-refractivity contribution in [3.8, 4) is 50.3 Å². The third-order valence-corrected chi connectivity index (χ3v) is 9.61. The average molecular weight is 692 g/mol. The van der Waals surface area contributed by atoms with E-state index in [0.29, 0.717) is 5.56 Å². The van der Waals surface area contributed by atoms with Crippen molar-refractivity contribution in [3.05, 3.63) is 150 Å². The Kier molecular flexibility index (Phi) is 6.23. The SMILES string of the molecule is [2H]c1nc(-c2cc(-c3cccc4c3ncn4-c3cc(C(C)(C)C)ccc3-c3ccc(C(C)(C)C)cc3)cc(C(C)(C)C)c2)c([2H])c(-c2c([2H])c([2H])c(C([2H])([2H])[2H])c([2H])c2[2H])c1[2H]. The van der Waals surface area contributed by atoms with Gasteiger partial charge in [-0.25, -0.2) is 4.98 Å². The second kappa shape index (κ2) is 13.0. The first kappa shape index (κ1) is 24.8. The van der Waals surface area contributed by atoms with Crippen molar-refractivity contribution in [2.45, 2.75) is 85.4 Å². The summed E-state index contributed by atoms with van der Waals surface area (Å²) in [5, 5.41) is 0. The number of aromatic nitrogens is 3. The van der Waals surface area contributed by atoms with E-state index in [4.69, 9.17) is 17.3 Å².